The molecule has 0 spiro atoms. The van der Waals surface area contributed by atoms with E-state index in [1.165, 1.54) is 18.2 Å². The van der Waals surface area contributed by atoms with Gasteiger partial charge in [-0.25, -0.2) is 0 Å². The van der Waals surface area contributed by atoms with Crippen molar-refractivity contribution in [3.63, 3.8) is 0 Å². The monoisotopic (exact) mass is 522 g/mol. The first-order valence-electron chi connectivity index (χ1n) is 10.1. The van der Waals surface area contributed by atoms with Crippen LogP contribution in [0.5, 0.6) is 0 Å². The van der Waals surface area contributed by atoms with Crippen LogP contribution in [0.25, 0.3) is 0 Å². The second-order valence-corrected chi connectivity index (χ2v) is 8.83. The zero-order chi connectivity index (χ0) is 24.8. The number of carbonyl (C=O) groups excluding carboxylic acids is 2. The van der Waals surface area contributed by atoms with Gasteiger partial charge in [0.05, 0.1) is 27.4 Å². The van der Waals surface area contributed by atoms with Crippen molar-refractivity contribution in [2.45, 2.75) is 31.6 Å². The molecule has 0 aliphatic heterocycles. The minimum atomic E-state index is -0.571. The first-order valence-corrected chi connectivity index (χ1v) is 11.8. The standard InChI is InChI=1S/C21H20Cl2N6O4S/c1-3-28-19(12(2)24-20(31)13-4-6-14(22)7-5-13)26-27-21(28)34-11-18(30)25-17-10-15(29(32)33)8-9-16(17)23/h4-10,12H,3,11H2,1-2H3,(H,24,31)(H,25,30)/t12-/m1/s1. The number of carbonyl (C=O) groups is 2. The van der Waals surface area contributed by atoms with Crippen LogP contribution in [0, 0.1) is 10.1 Å². The highest BCUT2D eigenvalue weighted by molar-refractivity contribution is 7.99. The molecule has 0 fully saturated rings. The van der Waals surface area contributed by atoms with Crippen LogP contribution in [0.1, 0.15) is 36.1 Å². The van der Waals surface area contributed by atoms with Gasteiger partial charge in [-0.15, -0.1) is 10.2 Å². The summed E-state index contributed by atoms with van der Waals surface area (Å²) in [7, 11) is 0. The van der Waals surface area contributed by atoms with Crippen molar-refractivity contribution in [1.29, 1.82) is 0 Å². The smallest absolute Gasteiger partial charge is 0.271 e. The van der Waals surface area contributed by atoms with Gasteiger partial charge in [0.15, 0.2) is 11.0 Å². The van der Waals surface area contributed by atoms with Crippen molar-refractivity contribution >= 4 is 58.2 Å². The van der Waals surface area contributed by atoms with E-state index in [0.29, 0.717) is 28.1 Å². The Kier molecular flexibility index (Phi) is 8.48. The average molecular weight is 523 g/mol. The zero-order valence-corrected chi connectivity index (χ0v) is 20.4. The maximum Gasteiger partial charge on any atom is 0.271 e. The summed E-state index contributed by atoms with van der Waals surface area (Å²) in [5.41, 5.74) is 0.430. The Morgan fingerprint density at radius 3 is 2.53 bits per heavy atom. The van der Waals surface area contributed by atoms with E-state index in [4.69, 9.17) is 23.2 Å². The Labute approximate surface area is 209 Å². The summed E-state index contributed by atoms with van der Waals surface area (Å²) in [5.74, 6) is -0.182. The average Bonchev–Trinajstić information content (AvgIpc) is 3.22. The van der Waals surface area contributed by atoms with Crippen molar-refractivity contribution in [1.82, 2.24) is 20.1 Å². The lowest BCUT2D eigenvalue weighted by Crippen LogP contribution is -2.28. The van der Waals surface area contributed by atoms with E-state index in [2.05, 4.69) is 20.8 Å². The van der Waals surface area contributed by atoms with E-state index in [1.54, 1.807) is 35.8 Å². The number of nitro benzene ring substituents is 1. The van der Waals surface area contributed by atoms with E-state index < -0.39 is 16.9 Å². The summed E-state index contributed by atoms with van der Waals surface area (Å²) < 4.78 is 1.80. The van der Waals surface area contributed by atoms with Gasteiger partial charge in [-0.2, -0.15) is 0 Å². The highest BCUT2D eigenvalue weighted by atomic mass is 35.5. The number of halogens is 2. The molecule has 2 amide bonds. The fourth-order valence-electron chi connectivity index (χ4n) is 3.01. The van der Waals surface area contributed by atoms with Gasteiger partial charge in [0.2, 0.25) is 5.91 Å². The summed E-state index contributed by atoms with van der Waals surface area (Å²) >= 11 is 13.0. The number of nitro groups is 1. The number of amides is 2. The van der Waals surface area contributed by atoms with Crippen LogP contribution < -0.4 is 10.6 Å². The zero-order valence-electron chi connectivity index (χ0n) is 18.1. The fourth-order valence-corrected chi connectivity index (χ4v) is 4.11. The Hall–Kier alpha value is -3.15. The first kappa shape index (κ1) is 25.5. The number of anilines is 1. The topological polar surface area (TPSA) is 132 Å². The molecule has 0 bridgehead atoms. The van der Waals surface area contributed by atoms with Gasteiger partial charge in [-0.05, 0) is 44.2 Å². The number of aromatic nitrogens is 3. The molecular formula is C21H20Cl2N6O4S. The quantitative estimate of drug-likeness (QED) is 0.235. The first-order chi connectivity index (χ1) is 16.2. The molecule has 13 heteroatoms. The molecule has 3 rings (SSSR count). The molecule has 1 aromatic heterocycles. The molecule has 0 saturated carbocycles. The van der Waals surface area contributed by atoms with Crippen LogP contribution in [0.2, 0.25) is 10.0 Å². The Morgan fingerprint density at radius 2 is 1.88 bits per heavy atom. The van der Waals surface area contributed by atoms with Crippen molar-refractivity contribution in [3.8, 4) is 0 Å². The molecule has 0 aliphatic carbocycles. The maximum atomic E-state index is 12.5. The number of non-ortho nitro benzene ring substituents is 1. The molecule has 2 N–H and O–H groups in total. The summed E-state index contributed by atoms with van der Waals surface area (Å²) in [4.78, 5) is 35.3. The normalized spacial score (nSPS) is 11.6. The van der Waals surface area contributed by atoms with Gasteiger partial charge in [0.1, 0.15) is 0 Å². The third-order valence-electron chi connectivity index (χ3n) is 4.67. The van der Waals surface area contributed by atoms with Gasteiger partial charge in [0.25, 0.3) is 11.6 Å². The molecule has 10 nitrogen and oxygen atoms in total. The van der Waals surface area contributed by atoms with Crippen LogP contribution in [0.4, 0.5) is 11.4 Å². The Bertz CT molecular complexity index is 1220. The van der Waals surface area contributed by atoms with Crippen LogP contribution in [0.15, 0.2) is 47.6 Å². The van der Waals surface area contributed by atoms with Crippen molar-refractivity contribution < 1.29 is 14.5 Å². The third-order valence-corrected chi connectivity index (χ3v) is 6.22. The van der Waals surface area contributed by atoms with Crippen LogP contribution >= 0.6 is 35.0 Å². The summed E-state index contributed by atoms with van der Waals surface area (Å²) in [6, 6.07) is 9.88. The number of nitrogens with zero attached hydrogens (tertiary/aromatic N) is 4. The van der Waals surface area contributed by atoms with Crippen molar-refractivity contribution in [3.05, 3.63) is 74.0 Å². The Balaban J connectivity index is 1.64. The molecule has 0 aliphatic rings. The highest BCUT2D eigenvalue weighted by Crippen LogP contribution is 2.27. The van der Waals surface area contributed by atoms with Gasteiger partial charge >= 0.3 is 0 Å². The number of hydrogen-bond donors (Lipinski definition) is 2. The molecular weight excluding hydrogens is 503 g/mol. The molecule has 178 valence electrons. The second-order valence-electron chi connectivity index (χ2n) is 7.05. The third kappa shape index (κ3) is 6.25. The molecule has 0 unspecified atom stereocenters. The van der Waals surface area contributed by atoms with Gasteiger partial charge < -0.3 is 15.2 Å². The SMILES string of the molecule is CCn1c(SCC(=O)Nc2cc([N+](=O)[O-])ccc2Cl)nnc1[C@@H](C)NC(=O)c1ccc(Cl)cc1. The predicted molar refractivity (Wildman–Crippen MR) is 130 cm³/mol. The van der Waals surface area contributed by atoms with Crippen LogP contribution in [-0.4, -0.2) is 37.3 Å². The predicted octanol–water partition coefficient (Wildman–Crippen LogP) is 4.73. The summed E-state index contributed by atoms with van der Waals surface area (Å²) in [6.07, 6.45) is 0. The number of rotatable bonds is 9. The van der Waals surface area contributed by atoms with E-state index in [9.17, 15) is 19.7 Å². The van der Waals surface area contributed by atoms with E-state index >= 15 is 0 Å². The van der Waals surface area contributed by atoms with Gasteiger partial charge in [0, 0.05) is 29.3 Å². The van der Waals surface area contributed by atoms with Crippen LogP contribution in [0.3, 0.4) is 0 Å². The molecule has 0 saturated heterocycles. The van der Waals surface area contributed by atoms with Crippen molar-refractivity contribution in [2.75, 3.05) is 11.1 Å². The minimum Gasteiger partial charge on any atom is -0.342 e. The molecule has 1 heterocycles. The lowest BCUT2D eigenvalue weighted by molar-refractivity contribution is -0.384. The lowest BCUT2D eigenvalue weighted by Gasteiger charge is -2.15. The van der Waals surface area contributed by atoms with Gasteiger partial charge in [-0.1, -0.05) is 35.0 Å². The molecule has 0 radical (unpaired) electrons. The molecule has 2 aromatic carbocycles. The number of benzene rings is 2. The summed E-state index contributed by atoms with van der Waals surface area (Å²) in [5, 5.41) is 25.9. The number of hydrogen-bond acceptors (Lipinski definition) is 7. The number of thioether (sulfide) groups is 1. The van der Waals surface area contributed by atoms with E-state index in [1.807, 2.05) is 6.92 Å². The molecule has 1 atom stereocenters. The fraction of sp³-hybridized carbons (Fsp3) is 0.238. The minimum absolute atomic E-state index is 0.0251. The van der Waals surface area contributed by atoms with E-state index in [0.717, 1.165) is 11.8 Å². The second kappa shape index (κ2) is 11.3. The number of nitrogens with one attached hydrogen (secondary N) is 2. The summed E-state index contributed by atoms with van der Waals surface area (Å²) in [6.45, 7) is 4.20. The Morgan fingerprint density at radius 1 is 1.18 bits per heavy atom. The van der Waals surface area contributed by atoms with Crippen molar-refractivity contribution in [2.24, 2.45) is 0 Å². The maximum absolute atomic E-state index is 12.5. The highest BCUT2D eigenvalue weighted by Gasteiger charge is 2.20. The lowest BCUT2D eigenvalue weighted by atomic mass is 10.2. The molecule has 34 heavy (non-hydrogen) atoms. The van der Waals surface area contributed by atoms with Gasteiger partial charge in [-0.3, -0.25) is 19.7 Å². The van der Waals surface area contributed by atoms with Crippen LogP contribution in [-0.2, 0) is 11.3 Å². The molecule has 3 aromatic rings. The van der Waals surface area contributed by atoms with E-state index in [-0.39, 0.29) is 28.1 Å². The largest absolute Gasteiger partial charge is 0.342 e.